The number of benzene rings is 1. The molecular formula is C21H26ClN3O3. The first kappa shape index (κ1) is 20.3. The van der Waals surface area contributed by atoms with Crippen LogP contribution in [0.3, 0.4) is 0 Å². The molecule has 1 N–H and O–H groups in total. The van der Waals surface area contributed by atoms with Gasteiger partial charge in [-0.3, -0.25) is 9.59 Å². The maximum absolute atomic E-state index is 13.0. The van der Waals surface area contributed by atoms with Crippen LogP contribution in [-0.2, 0) is 4.79 Å². The van der Waals surface area contributed by atoms with E-state index in [0.29, 0.717) is 22.0 Å². The number of ether oxygens (including phenoxy) is 1. The number of hydrogen-bond acceptors (Lipinski definition) is 3. The van der Waals surface area contributed by atoms with Gasteiger partial charge in [0.2, 0.25) is 5.91 Å². The number of nitrogens with zero attached hydrogens (tertiary/aromatic N) is 2. The Morgan fingerprint density at radius 2 is 1.79 bits per heavy atom. The first-order chi connectivity index (χ1) is 13.4. The summed E-state index contributed by atoms with van der Waals surface area (Å²) in [6.07, 6.45) is 5.75. The van der Waals surface area contributed by atoms with Gasteiger partial charge in [0.15, 0.2) is 0 Å². The van der Waals surface area contributed by atoms with Crippen LogP contribution in [0.1, 0.15) is 37.0 Å². The Morgan fingerprint density at radius 3 is 2.36 bits per heavy atom. The van der Waals surface area contributed by atoms with Gasteiger partial charge in [-0.15, -0.1) is 0 Å². The van der Waals surface area contributed by atoms with Crippen LogP contribution in [0.4, 0.5) is 0 Å². The van der Waals surface area contributed by atoms with Crippen molar-refractivity contribution in [3.05, 3.63) is 47.2 Å². The molecule has 1 atom stereocenters. The molecular weight excluding hydrogens is 378 g/mol. The molecule has 2 aromatic rings. The summed E-state index contributed by atoms with van der Waals surface area (Å²) >= 11 is 6.43. The SMILES string of the molecule is COc1cc(-n2cccc2)c(Cl)cc1C(=O)N[C@H](C(=O)N1CCCC1)C(C)C. The molecule has 7 heteroatoms. The van der Waals surface area contributed by atoms with Crippen molar-refractivity contribution in [1.82, 2.24) is 14.8 Å². The van der Waals surface area contributed by atoms with Crippen LogP contribution in [0.2, 0.25) is 5.02 Å². The van der Waals surface area contributed by atoms with E-state index in [9.17, 15) is 9.59 Å². The van der Waals surface area contributed by atoms with Gasteiger partial charge >= 0.3 is 0 Å². The summed E-state index contributed by atoms with van der Waals surface area (Å²) in [6, 6.07) is 6.51. The third-order valence-electron chi connectivity index (χ3n) is 5.03. The number of halogens is 1. The fraction of sp³-hybridized carbons (Fsp3) is 0.429. The molecule has 1 aromatic carbocycles. The summed E-state index contributed by atoms with van der Waals surface area (Å²) in [5.41, 5.74) is 1.02. The molecule has 1 fully saturated rings. The monoisotopic (exact) mass is 403 g/mol. The molecule has 1 aliphatic rings. The second kappa shape index (κ2) is 8.69. The molecule has 1 aromatic heterocycles. The van der Waals surface area contributed by atoms with E-state index in [1.165, 1.54) is 7.11 Å². The van der Waals surface area contributed by atoms with Crippen LogP contribution < -0.4 is 10.1 Å². The number of carbonyl (C=O) groups excluding carboxylic acids is 2. The minimum absolute atomic E-state index is 0.0299. The predicted octanol–water partition coefficient (Wildman–Crippen LogP) is 3.52. The number of hydrogen-bond donors (Lipinski definition) is 1. The van der Waals surface area contributed by atoms with Crippen molar-refractivity contribution in [3.8, 4) is 11.4 Å². The predicted molar refractivity (Wildman–Crippen MR) is 109 cm³/mol. The molecule has 0 aliphatic carbocycles. The van der Waals surface area contributed by atoms with Crippen LogP contribution in [0.15, 0.2) is 36.7 Å². The first-order valence-electron chi connectivity index (χ1n) is 9.53. The van der Waals surface area contributed by atoms with Crippen LogP contribution in [0, 0.1) is 5.92 Å². The summed E-state index contributed by atoms with van der Waals surface area (Å²) in [5.74, 6) is -0.0293. The lowest BCUT2D eigenvalue weighted by molar-refractivity contribution is -0.133. The van der Waals surface area contributed by atoms with E-state index in [0.717, 1.165) is 25.9 Å². The highest BCUT2D eigenvalue weighted by Gasteiger charge is 2.31. The smallest absolute Gasteiger partial charge is 0.255 e. The average molecular weight is 404 g/mol. The van der Waals surface area contributed by atoms with Crippen molar-refractivity contribution >= 4 is 23.4 Å². The molecule has 2 heterocycles. The van der Waals surface area contributed by atoms with Crippen molar-refractivity contribution in [2.24, 2.45) is 5.92 Å². The highest BCUT2D eigenvalue weighted by molar-refractivity contribution is 6.33. The minimum Gasteiger partial charge on any atom is -0.496 e. The zero-order valence-corrected chi connectivity index (χ0v) is 17.2. The highest BCUT2D eigenvalue weighted by Crippen LogP contribution is 2.30. The van der Waals surface area contributed by atoms with Crippen molar-refractivity contribution < 1.29 is 14.3 Å². The molecule has 1 aliphatic heterocycles. The Hall–Kier alpha value is -2.47. The first-order valence-corrected chi connectivity index (χ1v) is 9.90. The number of amides is 2. The zero-order valence-electron chi connectivity index (χ0n) is 16.4. The fourth-order valence-corrected chi connectivity index (χ4v) is 3.71. The molecule has 6 nitrogen and oxygen atoms in total. The lowest BCUT2D eigenvalue weighted by Crippen LogP contribution is -2.50. The summed E-state index contributed by atoms with van der Waals surface area (Å²) in [5, 5.41) is 3.32. The molecule has 0 spiro atoms. The van der Waals surface area contributed by atoms with Crippen LogP contribution in [-0.4, -0.2) is 47.5 Å². The molecule has 0 unspecified atom stereocenters. The standard InChI is InChI=1S/C21H26ClN3O3/c1-14(2)19(21(27)25-10-6-7-11-25)23-20(26)15-12-16(22)17(13-18(15)28-3)24-8-4-5-9-24/h4-5,8-9,12-14,19H,6-7,10-11H2,1-3H3,(H,23,26)/t19-/m0/s1. The Kier molecular flexibility index (Phi) is 6.29. The molecule has 3 rings (SSSR count). The van der Waals surface area contributed by atoms with E-state index < -0.39 is 6.04 Å². The third-order valence-corrected chi connectivity index (χ3v) is 5.34. The van der Waals surface area contributed by atoms with Gasteiger partial charge in [0, 0.05) is 31.5 Å². The third kappa shape index (κ3) is 4.17. The Morgan fingerprint density at radius 1 is 1.14 bits per heavy atom. The molecule has 28 heavy (non-hydrogen) atoms. The van der Waals surface area contributed by atoms with Crippen molar-refractivity contribution in [2.75, 3.05) is 20.2 Å². The number of nitrogens with one attached hydrogen (secondary N) is 1. The topological polar surface area (TPSA) is 63.6 Å². The quantitative estimate of drug-likeness (QED) is 0.802. The largest absolute Gasteiger partial charge is 0.496 e. The van der Waals surface area contributed by atoms with E-state index in [-0.39, 0.29) is 17.7 Å². The number of methoxy groups -OCH3 is 1. The van der Waals surface area contributed by atoms with Crippen molar-refractivity contribution in [3.63, 3.8) is 0 Å². The average Bonchev–Trinajstić information content (AvgIpc) is 3.38. The minimum atomic E-state index is -0.585. The summed E-state index contributed by atoms with van der Waals surface area (Å²) in [4.78, 5) is 27.6. The van der Waals surface area contributed by atoms with Crippen LogP contribution >= 0.6 is 11.6 Å². The molecule has 150 valence electrons. The summed E-state index contributed by atoms with van der Waals surface area (Å²) < 4.78 is 7.28. The van der Waals surface area contributed by atoms with Gasteiger partial charge < -0.3 is 19.5 Å². The van der Waals surface area contributed by atoms with Crippen molar-refractivity contribution in [1.29, 1.82) is 0 Å². The van der Waals surface area contributed by atoms with Gasteiger partial charge in [-0.05, 0) is 37.0 Å². The lowest BCUT2D eigenvalue weighted by Gasteiger charge is -2.27. The summed E-state index contributed by atoms with van der Waals surface area (Å²) in [7, 11) is 1.51. The van der Waals surface area contributed by atoms with Gasteiger partial charge in [-0.25, -0.2) is 0 Å². The van der Waals surface area contributed by atoms with Crippen molar-refractivity contribution in [2.45, 2.75) is 32.7 Å². The Balaban J connectivity index is 1.86. The normalized spacial score (nSPS) is 15.0. The number of rotatable bonds is 6. The molecule has 0 radical (unpaired) electrons. The van der Waals surface area contributed by atoms with Crippen LogP contribution in [0.5, 0.6) is 5.75 Å². The highest BCUT2D eigenvalue weighted by atomic mass is 35.5. The van der Waals surface area contributed by atoms with E-state index in [2.05, 4.69) is 5.32 Å². The maximum atomic E-state index is 13.0. The maximum Gasteiger partial charge on any atom is 0.255 e. The zero-order chi connectivity index (χ0) is 20.3. The van der Waals surface area contributed by atoms with E-state index in [4.69, 9.17) is 16.3 Å². The van der Waals surface area contributed by atoms with Crippen LogP contribution in [0.25, 0.3) is 5.69 Å². The van der Waals surface area contributed by atoms with Gasteiger partial charge in [-0.2, -0.15) is 0 Å². The molecule has 1 saturated heterocycles. The van der Waals surface area contributed by atoms with Gasteiger partial charge in [0.05, 0.1) is 23.4 Å². The van der Waals surface area contributed by atoms with E-state index in [1.807, 2.05) is 47.8 Å². The Labute approximate surface area is 170 Å². The number of likely N-dealkylation sites (tertiary alicyclic amines) is 1. The Bertz CT molecular complexity index is 843. The van der Waals surface area contributed by atoms with Gasteiger partial charge in [0.25, 0.3) is 5.91 Å². The van der Waals surface area contributed by atoms with Gasteiger partial charge in [0.1, 0.15) is 11.8 Å². The second-order valence-electron chi connectivity index (χ2n) is 7.32. The molecule has 0 bridgehead atoms. The van der Waals surface area contributed by atoms with E-state index >= 15 is 0 Å². The molecule has 2 amide bonds. The molecule has 0 saturated carbocycles. The van der Waals surface area contributed by atoms with E-state index in [1.54, 1.807) is 12.1 Å². The second-order valence-corrected chi connectivity index (χ2v) is 7.73. The lowest BCUT2D eigenvalue weighted by atomic mass is 10.0. The van der Waals surface area contributed by atoms with Gasteiger partial charge in [-0.1, -0.05) is 25.4 Å². The number of carbonyl (C=O) groups is 2. The number of aromatic nitrogens is 1. The fourth-order valence-electron chi connectivity index (χ4n) is 3.45. The summed E-state index contributed by atoms with van der Waals surface area (Å²) in [6.45, 7) is 5.35.